The third-order valence-corrected chi connectivity index (χ3v) is 6.37. The topological polar surface area (TPSA) is 65.4 Å². The maximum atomic E-state index is 11.8. The number of carbonyl (C=O) groups is 1. The van der Waals surface area contributed by atoms with Crippen molar-refractivity contribution in [2.45, 2.75) is 32.1 Å². The Balaban J connectivity index is 1.23. The zero-order valence-corrected chi connectivity index (χ0v) is 19.8. The Labute approximate surface area is 201 Å². The van der Waals surface area contributed by atoms with Gasteiger partial charge in [-0.05, 0) is 73.7 Å². The molecule has 3 aromatic rings. The first kappa shape index (κ1) is 23.7. The van der Waals surface area contributed by atoms with Gasteiger partial charge >= 0.3 is 0 Å². The molecule has 1 aliphatic rings. The lowest BCUT2D eigenvalue weighted by Gasteiger charge is -2.32. The third-order valence-electron chi connectivity index (χ3n) is 6.37. The normalized spacial score (nSPS) is 15.0. The summed E-state index contributed by atoms with van der Waals surface area (Å²) in [4.78, 5) is 14.3. The van der Waals surface area contributed by atoms with Crippen LogP contribution in [-0.4, -0.2) is 42.9 Å². The summed E-state index contributed by atoms with van der Waals surface area (Å²) in [5.41, 5.74) is 2.35. The van der Waals surface area contributed by atoms with Crippen LogP contribution in [0.3, 0.4) is 0 Å². The van der Waals surface area contributed by atoms with Gasteiger partial charge in [0.2, 0.25) is 5.91 Å². The number of para-hydroxylation sites is 1. The largest absolute Gasteiger partial charge is 0.493 e. The van der Waals surface area contributed by atoms with Crippen molar-refractivity contribution in [3.63, 3.8) is 0 Å². The van der Waals surface area contributed by atoms with E-state index in [1.165, 1.54) is 42.2 Å². The standard InChI is InChI=1S/C29H33N3O2/c1-22(30)31-29(33)15-14-25-9-3-5-13-28(25)34-21-7-18-32-19-16-24(17-20-32)27-12-6-10-23-8-2-4-11-26(23)27/h2-6,8-15,24H,7,16-21H2,1H3,(H2,30,31,33)/b15-14+. The van der Waals surface area contributed by atoms with Crippen molar-refractivity contribution in [3.8, 4) is 5.75 Å². The molecule has 5 nitrogen and oxygen atoms in total. The lowest BCUT2D eigenvalue weighted by atomic mass is 9.86. The summed E-state index contributed by atoms with van der Waals surface area (Å²) in [7, 11) is 0. The van der Waals surface area contributed by atoms with Gasteiger partial charge in [-0.2, -0.15) is 0 Å². The van der Waals surface area contributed by atoms with Crippen LogP contribution in [0.4, 0.5) is 0 Å². The molecule has 0 unspecified atom stereocenters. The lowest BCUT2D eigenvalue weighted by Crippen LogP contribution is -2.34. The van der Waals surface area contributed by atoms with Gasteiger partial charge in [0.05, 0.1) is 12.4 Å². The Morgan fingerprint density at radius 3 is 2.62 bits per heavy atom. The minimum Gasteiger partial charge on any atom is -0.493 e. The second-order valence-electron chi connectivity index (χ2n) is 8.87. The number of carbonyl (C=O) groups excluding carboxylic acids is 1. The molecule has 5 heteroatoms. The zero-order valence-electron chi connectivity index (χ0n) is 19.8. The van der Waals surface area contributed by atoms with Crippen molar-refractivity contribution in [2.24, 2.45) is 0 Å². The number of hydrogen-bond donors (Lipinski definition) is 2. The number of hydrogen-bond acceptors (Lipinski definition) is 4. The number of rotatable bonds is 8. The van der Waals surface area contributed by atoms with Crippen LogP contribution < -0.4 is 10.1 Å². The van der Waals surface area contributed by atoms with E-state index >= 15 is 0 Å². The zero-order chi connectivity index (χ0) is 23.8. The van der Waals surface area contributed by atoms with Crippen LogP contribution in [0, 0.1) is 5.41 Å². The Morgan fingerprint density at radius 2 is 1.79 bits per heavy atom. The summed E-state index contributed by atoms with van der Waals surface area (Å²) in [6.45, 7) is 5.44. The molecule has 0 bridgehead atoms. The number of piperidine rings is 1. The molecule has 2 N–H and O–H groups in total. The fourth-order valence-corrected chi connectivity index (χ4v) is 4.69. The molecule has 176 valence electrons. The highest BCUT2D eigenvalue weighted by Crippen LogP contribution is 2.33. The molecule has 4 rings (SSSR count). The molecule has 0 aromatic heterocycles. The molecule has 1 saturated heterocycles. The summed E-state index contributed by atoms with van der Waals surface area (Å²) in [6.07, 6.45) is 6.51. The molecule has 0 saturated carbocycles. The maximum Gasteiger partial charge on any atom is 0.249 e. The van der Waals surface area contributed by atoms with Crippen LogP contribution >= 0.6 is 0 Å². The number of nitrogens with zero attached hydrogens (tertiary/aromatic N) is 1. The van der Waals surface area contributed by atoms with E-state index in [0.29, 0.717) is 12.5 Å². The van der Waals surface area contributed by atoms with Crippen LogP contribution in [0.2, 0.25) is 0 Å². The van der Waals surface area contributed by atoms with Crippen LogP contribution in [0.15, 0.2) is 72.8 Å². The quantitative estimate of drug-likeness (QED) is 0.201. The van der Waals surface area contributed by atoms with Crippen molar-refractivity contribution >= 4 is 28.6 Å². The molecule has 0 radical (unpaired) electrons. The van der Waals surface area contributed by atoms with E-state index < -0.39 is 0 Å². The smallest absolute Gasteiger partial charge is 0.249 e. The second kappa shape index (κ2) is 11.6. The molecular weight excluding hydrogens is 422 g/mol. The van der Waals surface area contributed by atoms with E-state index in [2.05, 4.69) is 52.7 Å². The van der Waals surface area contributed by atoms with Crippen molar-refractivity contribution in [1.29, 1.82) is 5.41 Å². The van der Waals surface area contributed by atoms with Gasteiger partial charge in [0, 0.05) is 18.2 Å². The average molecular weight is 456 g/mol. The summed E-state index contributed by atoms with van der Waals surface area (Å²) in [5, 5.41) is 12.5. The molecular formula is C29H33N3O2. The van der Waals surface area contributed by atoms with Crippen molar-refractivity contribution in [2.75, 3.05) is 26.2 Å². The molecule has 0 spiro atoms. The Bertz CT molecular complexity index is 1160. The summed E-state index contributed by atoms with van der Waals surface area (Å²) < 4.78 is 6.03. The molecule has 1 fully saturated rings. The number of nitrogens with one attached hydrogen (secondary N) is 2. The number of ether oxygens (including phenoxy) is 1. The number of amides is 1. The van der Waals surface area contributed by atoms with E-state index in [1.807, 2.05) is 24.3 Å². The van der Waals surface area contributed by atoms with Crippen LogP contribution in [0.25, 0.3) is 16.8 Å². The molecule has 1 aliphatic heterocycles. The number of likely N-dealkylation sites (tertiary alicyclic amines) is 1. The van der Waals surface area contributed by atoms with Gasteiger partial charge in [-0.1, -0.05) is 60.7 Å². The van der Waals surface area contributed by atoms with Crippen molar-refractivity contribution in [1.82, 2.24) is 10.2 Å². The van der Waals surface area contributed by atoms with E-state index in [9.17, 15) is 4.79 Å². The summed E-state index contributed by atoms with van der Waals surface area (Å²) >= 11 is 0. The lowest BCUT2D eigenvalue weighted by molar-refractivity contribution is -0.115. The fourth-order valence-electron chi connectivity index (χ4n) is 4.69. The Morgan fingerprint density at radius 1 is 1.06 bits per heavy atom. The van der Waals surface area contributed by atoms with Crippen molar-refractivity contribution < 1.29 is 9.53 Å². The molecule has 0 atom stereocenters. The second-order valence-corrected chi connectivity index (χ2v) is 8.87. The average Bonchev–Trinajstić information content (AvgIpc) is 2.85. The minimum absolute atomic E-state index is 0.125. The fraction of sp³-hybridized carbons (Fsp3) is 0.310. The summed E-state index contributed by atoms with van der Waals surface area (Å²) in [5.74, 6) is 1.22. The van der Waals surface area contributed by atoms with Gasteiger partial charge in [0.25, 0.3) is 0 Å². The van der Waals surface area contributed by atoms with Crippen LogP contribution in [0.1, 0.15) is 43.2 Å². The summed E-state index contributed by atoms with van der Waals surface area (Å²) in [6, 6.07) is 23.1. The molecule has 1 heterocycles. The highest BCUT2D eigenvalue weighted by Gasteiger charge is 2.21. The predicted octanol–water partition coefficient (Wildman–Crippen LogP) is 5.61. The number of fused-ring (bicyclic) bond motifs is 1. The van der Waals surface area contributed by atoms with Gasteiger partial charge in [-0.25, -0.2) is 0 Å². The number of benzene rings is 3. The van der Waals surface area contributed by atoms with Gasteiger partial charge in [0.1, 0.15) is 5.75 Å². The van der Waals surface area contributed by atoms with E-state index in [1.54, 1.807) is 6.08 Å². The van der Waals surface area contributed by atoms with Gasteiger partial charge in [-0.15, -0.1) is 0 Å². The van der Waals surface area contributed by atoms with E-state index in [-0.39, 0.29) is 11.7 Å². The van der Waals surface area contributed by atoms with Crippen LogP contribution in [-0.2, 0) is 4.79 Å². The van der Waals surface area contributed by atoms with Gasteiger partial charge in [-0.3, -0.25) is 10.2 Å². The van der Waals surface area contributed by atoms with Gasteiger partial charge in [0.15, 0.2) is 0 Å². The molecule has 1 amide bonds. The van der Waals surface area contributed by atoms with Crippen LogP contribution in [0.5, 0.6) is 5.75 Å². The molecule has 0 aliphatic carbocycles. The first-order chi connectivity index (χ1) is 16.6. The van der Waals surface area contributed by atoms with E-state index in [4.69, 9.17) is 10.1 Å². The highest BCUT2D eigenvalue weighted by molar-refractivity contribution is 6.03. The first-order valence-corrected chi connectivity index (χ1v) is 12.1. The Kier molecular flexibility index (Phi) is 8.10. The molecule has 3 aromatic carbocycles. The van der Waals surface area contributed by atoms with Gasteiger partial charge < -0.3 is 15.0 Å². The highest BCUT2D eigenvalue weighted by atomic mass is 16.5. The number of amidine groups is 1. The monoisotopic (exact) mass is 455 g/mol. The predicted molar refractivity (Wildman–Crippen MR) is 139 cm³/mol. The maximum absolute atomic E-state index is 11.8. The first-order valence-electron chi connectivity index (χ1n) is 12.1. The van der Waals surface area contributed by atoms with Crippen molar-refractivity contribution in [3.05, 3.63) is 83.9 Å². The Hall–Kier alpha value is -3.44. The minimum atomic E-state index is -0.311. The molecule has 34 heavy (non-hydrogen) atoms. The third kappa shape index (κ3) is 6.33. The SMILES string of the molecule is CC(=N)NC(=O)/C=C/c1ccccc1OCCCN1CCC(c2cccc3ccccc23)CC1. The van der Waals surface area contributed by atoms with E-state index in [0.717, 1.165) is 37.4 Å².